The number of nitrogens with zero attached hydrogens (tertiary/aromatic N) is 3. The number of hydrogen-bond acceptors (Lipinski definition) is 4. The molecule has 0 aliphatic heterocycles. The standard InChI is InChI=1S/C18H17Cl2N5O2/c1-25-16(15(20)10-23-25)14-7-13(9-21-17(14)27-2)24-18(26)22-8-11-3-5-12(19)6-4-11/h3-7,9-10H,8H2,1-2H3,(H2,22,24,26). The number of pyridine rings is 1. The second-order valence-corrected chi connectivity index (χ2v) is 6.52. The first-order valence-corrected chi connectivity index (χ1v) is 8.74. The van der Waals surface area contributed by atoms with Crippen molar-refractivity contribution in [3.63, 3.8) is 0 Å². The molecule has 2 N–H and O–H groups in total. The summed E-state index contributed by atoms with van der Waals surface area (Å²) in [5, 5.41) is 10.8. The summed E-state index contributed by atoms with van der Waals surface area (Å²) in [6.45, 7) is 0.368. The molecule has 0 saturated heterocycles. The van der Waals surface area contributed by atoms with Crippen molar-refractivity contribution in [2.75, 3.05) is 12.4 Å². The minimum atomic E-state index is -0.362. The van der Waals surface area contributed by atoms with E-state index in [4.69, 9.17) is 27.9 Å². The molecule has 0 saturated carbocycles. The number of nitrogens with one attached hydrogen (secondary N) is 2. The number of anilines is 1. The summed E-state index contributed by atoms with van der Waals surface area (Å²) >= 11 is 12.1. The summed E-state index contributed by atoms with van der Waals surface area (Å²) in [6.07, 6.45) is 3.05. The number of halogens is 2. The van der Waals surface area contributed by atoms with Crippen LogP contribution in [0, 0.1) is 0 Å². The van der Waals surface area contributed by atoms with Crippen LogP contribution >= 0.6 is 23.2 Å². The van der Waals surface area contributed by atoms with Gasteiger partial charge in [0.15, 0.2) is 0 Å². The molecule has 1 aromatic carbocycles. The molecule has 140 valence electrons. The van der Waals surface area contributed by atoms with Gasteiger partial charge in [-0.05, 0) is 23.8 Å². The van der Waals surface area contributed by atoms with Crippen LogP contribution < -0.4 is 15.4 Å². The first-order valence-electron chi connectivity index (χ1n) is 7.99. The maximum absolute atomic E-state index is 12.2. The van der Waals surface area contributed by atoms with E-state index in [1.807, 2.05) is 12.1 Å². The van der Waals surface area contributed by atoms with E-state index in [2.05, 4.69) is 20.7 Å². The molecular formula is C18H17Cl2N5O2. The fraction of sp³-hybridized carbons (Fsp3) is 0.167. The molecule has 9 heteroatoms. The van der Waals surface area contributed by atoms with Crippen LogP contribution in [0.1, 0.15) is 5.56 Å². The number of carbonyl (C=O) groups excluding carboxylic acids is 1. The van der Waals surface area contributed by atoms with Gasteiger partial charge in [-0.1, -0.05) is 35.3 Å². The second-order valence-electron chi connectivity index (χ2n) is 5.68. The highest BCUT2D eigenvalue weighted by Crippen LogP contribution is 2.34. The van der Waals surface area contributed by atoms with E-state index in [0.29, 0.717) is 39.4 Å². The first kappa shape index (κ1) is 19.0. The van der Waals surface area contributed by atoms with Gasteiger partial charge in [-0.25, -0.2) is 9.78 Å². The van der Waals surface area contributed by atoms with Crippen LogP contribution in [0.15, 0.2) is 42.7 Å². The van der Waals surface area contributed by atoms with Crippen molar-refractivity contribution >= 4 is 34.9 Å². The molecular weight excluding hydrogens is 389 g/mol. The number of benzene rings is 1. The number of rotatable bonds is 5. The maximum Gasteiger partial charge on any atom is 0.319 e. The van der Waals surface area contributed by atoms with Crippen LogP contribution in [0.3, 0.4) is 0 Å². The maximum atomic E-state index is 12.2. The second kappa shape index (κ2) is 8.28. The van der Waals surface area contributed by atoms with Crippen molar-refractivity contribution in [3.8, 4) is 17.1 Å². The molecule has 2 aromatic heterocycles. The van der Waals surface area contributed by atoms with Gasteiger partial charge in [-0.3, -0.25) is 4.68 Å². The van der Waals surface area contributed by atoms with E-state index in [1.165, 1.54) is 19.5 Å². The lowest BCUT2D eigenvalue weighted by Gasteiger charge is -2.12. The summed E-state index contributed by atoms with van der Waals surface area (Å²) in [6, 6.07) is 8.61. The highest BCUT2D eigenvalue weighted by Gasteiger charge is 2.17. The van der Waals surface area contributed by atoms with Gasteiger partial charge in [0.05, 0.1) is 41.5 Å². The van der Waals surface area contributed by atoms with Crippen molar-refractivity contribution < 1.29 is 9.53 Å². The Morgan fingerprint density at radius 1 is 1.22 bits per heavy atom. The summed E-state index contributed by atoms with van der Waals surface area (Å²) in [7, 11) is 3.28. The Labute approximate surface area is 166 Å². The Hall–Kier alpha value is -2.77. The molecule has 0 atom stereocenters. The molecule has 0 fully saturated rings. The van der Waals surface area contributed by atoms with E-state index < -0.39 is 0 Å². The molecule has 3 aromatic rings. The van der Waals surface area contributed by atoms with E-state index in [9.17, 15) is 4.79 Å². The summed E-state index contributed by atoms with van der Waals surface area (Å²) in [5.41, 5.74) is 2.70. The zero-order valence-electron chi connectivity index (χ0n) is 14.7. The van der Waals surface area contributed by atoms with Crippen molar-refractivity contribution in [1.82, 2.24) is 20.1 Å². The van der Waals surface area contributed by atoms with Gasteiger partial charge in [0.25, 0.3) is 0 Å². The smallest absolute Gasteiger partial charge is 0.319 e. The number of urea groups is 1. The van der Waals surface area contributed by atoms with Gasteiger partial charge in [-0.2, -0.15) is 5.10 Å². The van der Waals surface area contributed by atoms with Crippen molar-refractivity contribution in [1.29, 1.82) is 0 Å². The Bertz CT molecular complexity index is 937. The minimum Gasteiger partial charge on any atom is -0.481 e. The molecule has 7 nitrogen and oxygen atoms in total. The molecule has 0 radical (unpaired) electrons. The average Bonchev–Trinajstić information content (AvgIpc) is 2.99. The highest BCUT2D eigenvalue weighted by atomic mass is 35.5. The van der Waals surface area contributed by atoms with Crippen LogP contribution in [-0.2, 0) is 13.6 Å². The van der Waals surface area contributed by atoms with Crippen LogP contribution in [-0.4, -0.2) is 27.9 Å². The van der Waals surface area contributed by atoms with Crippen LogP contribution in [0.4, 0.5) is 10.5 Å². The van der Waals surface area contributed by atoms with Gasteiger partial charge in [0.2, 0.25) is 5.88 Å². The summed E-state index contributed by atoms with van der Waals surface area (Å²) in [5.74, 6) is 0.382. The Morgan fingerprint density at radius 3 is 2.59 bits per heavy atom. The fourth-order valence-corrected chi connectivity index (χ4v) is 2.92. The molecule has 0 spiro atoms. The predicted octanol–water partition coefficient (Wildman–Crippen LogP) is 4.12. The minimum absolute atomic E-state index is 0.362. The molecule has 0 aliphatic rings. The Kier molecular flexibility index (Phi) is 5.83. The zero-order valence-corrected chi connectivity index (χ0v) is 16.2. The third-order valence-corrected chi connectivity index (χ3v) is 4.35. The topological polar surface area (TPSA) is 81.1 Å². The molecule has 0 unspecified atom stereocenters. The van der Waals surface area contributed by atoms with Gasteiger partial charge < -0.3 is 15.4 Å². The predicted molar refractivity (Wildman–Crippen MR) is 105 cm³/mol. The lowest BCUT2D eigenvalue weighted by Crippen LogP contribution is -2.28. The Balaban J connectivity index is 1.74. The SMILES string of the molecule is COc1ncc(NC(=O)NCc2ccc(Cl)cc2)cc1-c1c(Cl)cnn1C. The summed E-state index contributed by atoms with van der Waals surface area (Å²) in [4.78, 5) is 16.4. The van der Waals surface area contributed by atoms with Crippen molar-refractivity contribution in [2.45, 2.75) is 6.54 Å². The third-order valence-electron chi connectivity index (χ3n) is 3.82. The number of aromatic nitrogens is 3. The molecule has 0 bridgehead atoms. The molecule has 27 heavy (non-hydrogen) atoms. The van der Waals surface area contributed by atoms with Gasteiger partial charge >= 0.3 is 6.03 Å². The lowest BCUT2D eigenvalue weighted by molar-refractivity contribution is 0.251. The number of ether oxygens (including phenoxy) is 1. The van der Waals surface area contributed by atoms with Crippen LogP contribution in [0.25, 0.3) is 11.3 Å². The normalized spacial score (nSPS) is 10.5. The molecule has 3 rings (SSSR count). The third kappa shape index (κ3) is 4.50. The van der Waals surface area contributed by atoms with Crippen LogP contribution in [0.5, 0.6) is 5.88 Å². The Morgan fingerprint density at radius 2 is 1.96 bits per heavy atom. The largest absolute Gasteiger partial charge is 0.481 e. The van der Waals surface area contributed by atoms with Gasteiger partial charge in [0, 0.05) is 18.6 Å². The van der Waals surface area contributed by atoms with E-state index in [0.717, 1.165) is 5.56 Å². The number of hydrogen-bond donors (Lipinski definition) is 2. The lowest BCUT2D eigenvalue weighted by atomic mass is 10.2. The molecule has 0 aliphatic carbocycles. The van der Waals surface area contributed by atoms with Crippen molar-refractivity contribution in [2.24, 2.45) is 7.05 Å². The molecule has 2 heterocycles. The number of methoxy groups -OCH3 is 1. The van der Waals surface area contributed by atoms with Gasteiger partial charge in [0.1, 0.15) is 0 Å². The zero-order chi connectivity index (χ0) is 19.4. The molecule has 2 amide bonds. The average molecular weight is 406 g/mol. The number of aryl methyl sites for hydroxylation is 1. The van der Waals surface area contributed by atoms with Crippen molar-refractivity contribution in [3.05, 3.63) is 58.3 Å². The first-order chi connectivity index (χ1) is 13.0. The highest BCUT2D eigenvalue weighted by molar-refractivity contribution is 6.33. The van der Waals surface area contributed by atoms with Crippen LogP contribution in [0.2, 0.25) is 10.0 Å². The quantitative estimate of drug-likeness (QED) is 0.668. The fourth-order valence-electron chi connectivity index (χ4n) is 2.53. The van der Waals surface area contributed by atoms with Gasteiger partial charge in [-0.15, -0.1) is 0 Å². The summed E-state index contributed by atoms with van der Waals surface area (Å²) < 4.78 is 6.92. The number of carbonyl (C=O) groups is 1. The van der Waals surface area contributed by atoms with E-state index >= 15 is 0 Å². The van der Waals surface area contributed by atoms with E-state index in [-0.39, 0.29) is 6.03 Å². The monoisotopic (exact) mass is 405 g/mol. The van der Waals surface area contributed by atoms with E-state index in [1.54, 1.807) is 29.9 Å². The number of amides is 2.